The van der Waals surface area contributed by atoms with Gasteiger partial charge in [-0.05, 0) is 19.8 Å². The molecule has 1 heterocycles. The second-order valence-electron chi connectivity index (χ2n) is 4.88. The molecule has 2 rings (SSSR count). The maximum Gasteiger partial charge on any atom is 0.151 e. The molecule has 0 saturated heterocycles. The van der Waals surface area contributed by atoms with E-state index in [0.29, 0.717) is 24.1 Å². The van der Waals surface area contributed by atoms with Crippen molar-refractivity contribution >= 4 is 21.5 Å². The van der Waals surface area contributed by atoms with Gasteiger partial charge in [0.25, 0.3) is 0 Å². The lowest BCUT2D eigenvalue weighted by Gasteiger charge is -2.11. The number of sulfone groups is 1. The third-order valence-electron chi connectivity index (χ3n) is 3.29. The number of nitrogens with one attached hydrogen (secondary N) is 1. The summed E-state index contributed by atoms with van der Waals surface area (Å²) in [5.41, 5.74) is 6.64. The average molecular weight is 284 g/mol. The Morgan fingerprint density at radius 2 is 2.05 bits per heavy atom. The highest BCUT2D eigenvalue weighted by molar-refractivity contribution is 7.91. The highest BCUT2D eigenvalue weighted by Gasteiger charge is 2.27. The van der Waals surface area contributed by atoms with Gasteiger partial charge in [-0.2, -0.15) is 0 Å². The molecule has 0 amide bonds. The molecule has 0 bridgehead atoms. The fourth-order valence-corrected chi connectivity index (χ4v) is 2.42. The summed E-state index contributed by atoms with van der Waals surface area (Å²) in [7, 11) is -2.96. The van der Waals surface area contributed by atoms with Crippen LogP contribution in [0.5, 0.6) is 0 Å². The number of nitrogen functional groups attached to an aromatic ring is 1. The third-order valence-corrected chi connectivity index (χ3v) is 4.99. The number of anilines is 2. The summed E-state index contributed by atoms with van der Waals surface area (Å²) in [6.45, 7) is 3.83. The van der Waals surface area contributed by atoms with Crippen LogP contribution in [0.15, 0.2) is 0 Å². The molecular formula is C12H20N4O2S. The van der Waals surface area contributed by atoms with Gasteiger partial charge >= 0.3 is 0 Å². The Hall–Kier alpha value is -1.37. The molecule has 1 aliphatic rings. The highest BCUT2D eigenvalue weighted by atomic mass is 32.2. The summed E-state index contributed by atoms with van der Waals surface area (Å²) in [6.07, 6.45) is 2.21. The molecule has 1 aromatic heterocycles. The zero-order chi connectivity index (χ0) is 14.0. The first-order chi connectivity index (χ1) is 8.93. The zero-order valence-electron chi connectivity index (χ0n) is 11.3. The first-order valence-electron chi connectivity index (χ1n) is 6.51. The van der Waals surface area contributed by atoms with Crippen molar-refractivity contribution in [2.45, 2.75) is 32.6 Å². The van der Waals surface area contributed by atoms with E-state index in [4.69, 9.17) is 5.73 Å². The number of rotatable bonds is 6. The monoisotopic (exact) mass is 284 g/mol. The van der Waals surface area contributed by atoms with Gasteiger partial charge in [-0.3, -0.25) is 0 Å². The van der Waals surface area contributed by atoms with Crippen LogP contribution in [0.25, 0.3) is 0 Å². The Kier molecular flexibility index (Phi) is 3.93. The van der Waals surface area contributed by atoms with Gasteiger partial charge in [0, 0.05) is 23.8 Å². The van der Waals surface area contributed by atoms with Gasteiger partial charge in [0.1, 0.15) is 17.5 Å². The second-order valence-corrected chi connectivity index (χ2v) is 7.35. The Bertz CT molecular complexity index is 567. The van der Waals surface area contributed by atoms with Gasteiger partial charge in [-0.25, -0.2) is 18.4 Å². The SMILES string of the molecule is CCS(=O)(=O)CCNc1nc(C2CC2)nc(N)c1C. The molecule has 1 aromatic rings. The summed E-state index contributed by atoms with van der Waals surface area (Å²) >= 11 is 0. The van der Waals surface area contributed by atoms with Crippen molar-refractivity contribution in [2.75, 3.05) is 29.1 Å². The number of hydrogen-bond donors (Lipinski definition) is 2. The molecule has 3 N–H and O–H groups in total. The molecule has 6 nitrogen and oxygen atoms in total. The van der Waals surface area contributed by atoms with Crippen molar-refractivity contribution in [3.8, 4) is 0 Å². The van der Waals surface area contributed by atoms with Crippen LogP contribution in [0.4, 0.5) is 11.6 Å². The van der Waals surface area contributed by atoms with Crippen molar-refractivity contribution in [1.29, 1.82) is 0 Å². The van der Waals surface area contributed by atoms with Crippen LogP contribution >= 0.6 is 0 Å². The minimum atomic E-state index is -2.96. The van der Waals surface area contributed by atoms with Crippen molar-refractivity contribution in [2.24, 2.45) is 0 Å². The van der Waals surface area contributed by atoms with Crippen LogP contribution in [0.1, 0.15) is 37.1 Å². The van der Waals surface area contributed by atoms with E-state index in [1.54, 1.807) is 6.92 Å². The predicted octanol–water partition coefficient (Wildman–Crippen LogP) is 1.09. The fourth-order valence-electron chi connectivity index (χ4n) is 1.72. The lowest BCUT2D eigenvalue weighted by molar-refractivity contribution is 0.597. The summed E-state index contributed by atoms with van der Waals surface area (Å²) in [4.78, 5) is 8.72. The lowest BCUT2D eigenvalue weighted by Crippen LogP contribution is -2.19. The molecule has 1 fully saturated rings. The fraction of sp³-hybridized carbons (Fsp3) is 0.667. The summed E-state index contributed by atoms with van der Waals surface area (Å²) in [6, 6.07) is 0. The lowest BCUT2D eigenvalue weighted by atomic mass is 10.3. The van der Waals surface area contributed by atoms with E-state index in [1.165, 1.54) is 0 Å². The third kappa shape index (κ3) is 3.56. The summed E-state index contributed by atoms with van der Waals surface area (Å²) < 4.78 is 22.9. The Morgan fingerprint density at radius 1 is 1.37 bits per heavy atom. The normalized spacial score (nSPS) is 15.5. The average Bonchev–Trinajstić information content (AvgIpc) is 3.18. The quantitative estimate of drug-likeness (QED) is 0.811. The smallest absolute Gasteiger partial charge is 0.151 e. The maximum atomic E-state index is 11.4. The molecular weight excluding hydrogens is 264 g/mol. The standard InChI is InChI=1S/C12H20N4O2S/c1-3-19(17,18)7-6-14-11-8(2)10(13)15-12(16-11)9-4-5-9/h9H,3-7H2,1-2H3,(H3,13,14,15,16). The van der Waals surface area contributed by atoms with Gasteiger partial charge in [0.2, 0.25) is 0 Å². The summed E-state index contributed by atoms with van der Waals surface area (Å²) in [5, 5.41) is 3.06. The molecule has 0 aliphatic heterocycles. The second kappa shape index (κ2) is 5.32. The van der Waals surface area contributed by atoms with Gasteiger partial charge < -0.3 is 11.1 Å². The number of nitrogens with zero attached hydrogens (tertiary/aromatic N) is 2. The van der Waals surface area contributed by atoms with Crippen molar-refractivity contribution in [1.82, 2.24) is 9.97 Å². The van der Waals surface area contributed by atoms with E-state index in [2.05, 4.69) is 15.3 Å². The largest absolute Gasteiger partial charge is 0.383 e. The molecule has 0 unspecified atom stereocenters. The Labute approximate surface area is 113 Å². The van der Waals surface area contributed by atoms with Crippen molar-refractivity contribution < 1.29 is 8.42 Å². The van der Waals surface area contributed by atoms with Gasteiger partial charge in [-0.1, -0.05) is 6.92 Å². The highest BCUT2D eigenvalue weighted by Crippen LogP contribution is 2.39. The van der Waals surface area contributed by atoms with Crippen LogP contribution < -0.4 is 11.1 Å². The summed E-state index contributed by atoms with van der Waals surface area (Å²) in [5.74, 6) is 2.57. The van der Waals surface area contributed by atoms with Crippen LogP contribution in [0, 0.1) is 6.92 Å². The molecule has 7 heteroatoms. The molecule has 1 aliphatic carbocycles. The van der Waals surface area contributed by atoms with Crippen LogP contribution in [0.2, 0.25) is 0 Å². The molecule has 19 heavy (non-hydrogen) atoms. The maximum absolute atomic E-state index is 11.4. The van der Waals surface area contributed by atoms with E-state index < -0.39 is 9.84 Å². The molecule has 106 valence electrons. The first kappa shape index (κ1) is 14.0. The minimum Gasteiger partial charge on any atom is -0.383 e. The van der Waals surface area contributed by atoms with E-state index in [1.807, 2.05) is 6.92 Å². The molecule has 0 atom stereocenters. The van der Waals surface area contributed by atoms with Crippen LogP contribution in [0.3, 0.4) is 0 Å². The molecule has 0 aromatic carbocycles. The van der Waals surface area contributed by atoms with Crippen LogP contribution in [-0.4, -0.2) is 36.4 Å². The Balaban J connectivity index is 2.07. The topological polar surface area (TPSA) is 98.0 Å². The molecule has 0 spiro atoms. The van der Waals surface area contributed by atoms with Crippen molar-refractivity contribution in [3.05, 3.63) is 11.4 Å². The van der Waals surface area contributed by atoms with E-state index in [-0.39, 0.29) is 11.5 Å². The predicted molar refractivity (Wildman–Crippen MR) is 76.0 cm³/mol. The number of hydrogen-bond acceptors (Lipinski definition) is 6. The number of aromatic nitrogens is 2. The van der Waals surface area contributed by atoms with Crippen LogP contribution in [-0.2, 0) is 9.84 Å². The van der Waals surface area contributed by atoms with Gasteiger partial charge in [0.15, 0.2) is 9.84 Å². The van der Waals surface area contributed by atoms with Gasteiger partial charge in [-0.15, -0.1) is 0 Å². The Morgan fingerprint density at radius 3 is 2.63 bits per heavy atom. The first-order valence-corrected chi connectivity index (χ1v) is 8.33. The minimum absolute atomic E-state index is 0.103. The van der Waals surface area contributed by atoms with E-state index in [0.717, 1.165) is 24.2 Å². The van der Waals surface area contributed by atoms with E-state index >= 15 is 0 Å². The zero-order valence-corrected chi connectivity index (χ0v) is 12.1. The van der Waals surface area contributed by atoms with Crippen molar-refractivity contribution in [3.63, 3.8) is 0 Å². The van der Waals surface area contributed by atoms with E-state index in [9.17, 15) is 8.42 Å². The molecule has 1 saturated carbocycles. The molecule has 0 radical (unpaired) electrons. The van der Waals surface area contributed by atoms with Gasteiger partial charge in [0.05, 0.1) is 5.75 Å². The number of nitrogens with two attached hydrogens (primary N) is 1.